The van der Waals surface area contributed by atoms with Crippen molar-refractivity contribution in [2.24, 2.45) is 0 Å². The van der Waals surface area contributed by atoms with Crippen molar-refractivity contribution in [3.05, 3.63) is 199 Å². The number of furan rings is 1. The van der Waals surface area contributed by atoms with Gasteiger partial charge >= 0.3 is 0 Å². The van der Waals surface area contributed by atoms with E-state index in [9.17, 15) is 0 Å². The number of rotatable bonds is 5. The number of benzene rings is 9. The van der Waals surface area contributed by atoms with E-state index in [-0.39, 0.29) is 5.41 Å². The molecule has 1 aliphatic rings. The van der Waals surface area contributed by atoms with E-state index < -0.39 is 0 Å². The Balaban J connectivity index is 1.10. The molecule has 0 unspecified atom stereocenters. The fourth-order valence-corrected chi connectivity index (χ4v) is 9.27. The molecule has 0 amide bonds. The maximum absolute atomic E-state index is 6.71. The molecule has 9 aromatic carbocycles. The van der Waals surface area contributed by atoms with E-state index in [0.29, 0.717) is 0 Å². The Bertz CT molecular complexity index is 3120. The Labute approximate surface area is 320 Å². The van der Waals surface area contributed by atoms with Crippen LogP contribution in [0.5, 0.6) is 0 Å². The lowest BCUT2D eigenvalue weighted by Crippen LogP contribution is -2.16. The molecule has 2 heteroatoms. The minimum Gasteiger partial charge on any atom is -0.454 e. The molecular weight excluding hydrogens is 667 g/mol. The van der Waals surface area contributed by atoms with Crippen LogP contribution in [0.15, 0.2) is 192 Å². The largest absolute Gasteiger partial charge is 0.454 e. The first kappa shape index (κ1) is 31.6. The first-order valence-corrected chi connectivity index (χ1v) is 19.1. The smallest absolute Gasteiger partial charge is 0.159 e. The van der Waals surface area contributed by atoms with Crippen LogP contribution in [0.2, 0.25) is 0 Å². The predicted octanol–water partition coefficient (Wildman–Crippen LogP) is 15.0. The lowest BCUT2D eigenvalue weighted by Gasteiger charge is -2.29. The third-order valence-electron chi connectivity index (χ3n) is 11.9. The van der Waals surface area contributed by atoms with Crippen LogP contribution < -0.4 is 4.90 Å². The summed E-state index contributed by atoms with van der Waals surface area (Å²) in [6, 6.07) is 68.3. The van der Waals surface area contributed by atoms with Gasteiger partial charge in [-0.25, -0.2) is 0 Å². The van der Waals surface area contributed by atoms with Crippen molar-refractivity contribution in [3.63, 3.8) is 0 Å². The quantitative estimate of drug-likeness (QED) is 0.177. The molecule has 260 valence electrons. The number of anilines is 3. The summed E-state index contributed by atoms with van der Waals surface area (Å²) in [6.07, 6.45) is 0. The molecule has 1 aromatic heterocycles. The minimum atomic E-state index is -0.123. The van der Waals surface area contributed by atoms with E-state index in [2.05, 4.69) is 201 Å². The van der Waals surface area contributed by atoms with Crippen LogP contribution in [0.3, 0.4) is 0 Å². The number of hydrogen-bond acceptors (Lipinski definition) is 2. The van der Waals surface area contributed by atoms with Crippen LogP contribution in [0.1, 0.15) is 25.0 Å². The maximum Gasteiger partial charge on any atom is 0.159 e. The Morgan fingerprint density at radius 3 is 1.82 bits per heavy atom. The molecule has 10 aromatic rings. The Morgan fingerprint density at radius 1 is 0.400 bits per heavy atom. The van der Waals surface area contributed by atoms with Crippen LogP contribution in [0.25, 0.3) is 76.9 Å². The molecule has 0 spiro atoms. The average molecular weight is 704 g/mol. The minimum absolute atomic E-state index is 0.123. The van der Waals surface area contributed by atoms with Gasteiger partial charge in [0, 0.05) is 27.4 Å². The van der Waals surface area contributed by atoms with E-state index in [0.717, 1.165) is 39.0 Å². The molecule has 0 atom stereocenters. The maximum atomic E-state index is 6.71. The van der Waals surface area contributed by atoms with E-state index in [1.54, 1.807) is 0 Å². The zero-order valence-corrected chi connectivity index (χ0v) is 30.8. The second-order valence-corrected chi connectivity index (χ2v) is 15.2. The van der Waals surface area contributed by atoms with E-state index in [1.165, 1.54) is 66.1 Å². The summed E-state index contributed by atoms with van der Waals surface area (Å²) >= 11 is 0. The van der Waals surface area contributed by atoms with Crippen molar-refractivity contribution in [1.82, 2.24) is 0 Å². The molecule has 11 rings (SSSR count). The lowest BCUT2D eigenvalue weighted by molar-refractivity contribution is 0.660. The summed E-state index contributed by atoms with van der Waals surface area (Å²) in [5.74, 6) is 0. The first-order valence-electron chi connectivity index (χ1n) is 19.1. The molecule has 2 nitrogen and oxygen atoms in total. The standard InChI is InChI=1S/C53H37NO/c1-53(2)46-23-9-7-20-45(46)51-47(53)24-13-25-48(51)54(49-26-12-22-44-43-19-8-10-27-50(43)55-52(44)49)36-30-28-35(29-31-36)38-32-33-42(41-18-6-5-17-39(38)41)40-21-11-15-34-14-3-4-16-37(34)40/h3-33H,1-2H3. The molecule has 0 fully saturated rings. The molecule has 1 heterocycles. The monoisotopic (exact) mass is 703 g/mol. The van der Waals surface area contributed by atoms with Crippen LogP contribution >= 0.6 is 0 Å². The molecule has 1 aliphatic carbocycles. The summed E-state index contributed by atoms with van der Waals surface area (Å²) in [7, 11) is 0. The topological polar surface area (TPSA) is 16.4 Å². The highest BCUT2D eigenvalue weighted by atomic mass is 16.3. The highest BCUT2D eigenvalue weighted by Gasteiger charge is 2.38. The molecular formula is C53H37NO. The van der Waals surface area contributed by atoms with Crippen LogP contribution in [-0.2, 0) is 5.41 Å². The van der Waals surface area contributed by atoms with Crippen molar-refractivity contribution in [3.8, 4) is 33.4 Å². The summed E-state index contributed by atoms with van der Waals surface area (Å²) in [6.45, 7) is 4.69. The van der Waals surface area contributed by atoms with Gasteiger partial charge in [-0.2, -0.15) is 0 Å². The lowest BCUT2D eigenvalue weighted by atomic mass is 9.82. The summed E-state index contributed by atoms with van der Waals surface area (Å²) in [4.78, 5) is 2.41. The highest BCUT2D eigenvalue weighted by molar-refractivity contribution is 6.12. The van der Waals surface area contributed by atoms with Crippen molar-refractivity contribution in [1.29, 1.82) is 0 Å². The van der Waals surface area contributed by atoms with Crippen LogP contribution in [-0.4, -0.2) is 0 Å². The molecule has 0 saturated carbocycles. The second-order valence-electron chi connectivity index (χ2n) is 15.2. The summed E-state index contributed by atoms with van der Waals surface area (Å²) in [5.41, 5.74) is 15.0. The number of hydrogen-bond donors (Lipinski definition) is 0. The zero-order valence-electron chi connectivity index (χ0n) is 30.8. The van der Waals surface area contributed by atoms with E-state index in [4.69, 9.17) is 4.42 Å². The zero-order chi connectivity index (χ0) is 36.7. The predicted molar refractivity (Wildman–Crippen MR) is 232 cm³/mol. The van der Waals surface area contributed by atoms with Gasteiger partial charge in [0.05, 0.1) is 11.4 Å². The van der Waals surface area contributed by atoms with Crippen LogP contribution in [0.4, 0.5) is 17.1 Å². The highest BCUT2D eigenvalue weighted by Crippen LogP contribution is 2.55. The van der Waals surface area contributed by atoms with Crippen molar-refractivity contribution < 1.29 is 4.42 Å². The molecule has 0 aliphatic heterocycles. The molecule has 0 radical (unpaired) electrons. The van der Waals surface area contributed by atoms with Gasteiger partial charge in [-0.05, 0) is 90.8 Å². The molecule has 0 N–H and O–H groups in total. The first-order chi connectivity index (χ1) is 27.1. The van der Waals surface area contributed by atoms with Gasteiger partial charge in [-0.1, -0.05) is 172 Å². The van der Waals surface area contributed by atoms with Gasteiger partial charge in [0.2, 0.25) is 0 Å². The summed E-state index contributed by atoms with van der Waals surface area (Å²) in [5, 5.41) is 7.25. The molecule has 0 saturated heterocycles. The average Bonchev–Trinajstić information content (AvgIpc) is 3.74. The normalized spacial score (nSPS) is 13.1. The van der Waals surface area contributed by atoms with Gasteiger partial charge in [0.15, 0.2) is 5.58 Å². The molecule has 0 bridgehead atoms. The van der Waals surface area contributed by atoms with E-state index >= 15 is 0 Å². The second kappa shape index (κ2) is 12.1. The van der Waals surface area contributed by atoms with Gasteiger partial charge < -0.3 is 9.32 Å². The Kier molecular flexibility index (Phi) is 6.93. The fraction of sp³-hybridized carbons (Fsp3) is 0.0566. The Morgan fingerprint density at radius 2 is 0.964 bits per heavy atom. The third kappa shape index (κ3) is 4.74. The number of para-hydroxylation sites is 2. The van der Waals surface area contributed by atoms with Crippen LogP contribution in [0, 0.1) is 0 Å². The fourth-order valence-electron chi connectivity index (χ4n) is 9.27. The number of fused-ring (bicyclic) bond motifs is 8. The third-order valence-corrected chi connectivity index (χ3v) is 11.9. The molecule has 55 heavy (non-hydrogen) atoms. The van der Waals surface area contributed by atoms with Gasteiger partial charge in [0.1, 0.15) is 5.58 Å². The SMILES string of the molecule is CC1(C)c2ccccc2-c2c(N(c3ccc(-c4ccc(-c5cccc6ccccc56)c5ccccc45)cc3)c3cccc4c3oc3ccccc34)cccc21. The van der Waals surface area contributed by atoms with E-state index in [1.807, 2.05) is 6.07 Å². The Hall–Kier alpha value is -6.90. The van der Waals surface area contributed by atoms with Crippen molar-refractivity contribution in [2.75, 3.05) is 4.90 Å². The van der Waals surface area contributed by atoms with Crippen molar-refractivity contribution in [2.45, 2.75) is 19.3 Å². The van der Waals surface area contributed by atoms with Gasteiger partial charge in [0.25, 0.3) is 0 Å². The van der Waals surface area contributed by atoms with Crippen molar-refractivity contribution >= 4 is 60.5 Å². The van der Waals surface area contributed by atoms with Gasteiger partial charge in [-0.15, -0.1) is 0 Å². The summed E-state index contributed by atoms with van der Waals surface area (Å²) < 4.78 is 6.71. The van der Waals surface area contributed by atoms with Gasteiger partial charge in [-0.3, -0.25) is 0 Å². The number of nitrogens with zero attached hydrogens (tertiary/aromatic N) is 1.